The van der Waals surface area contributed by atoms with Gasteiger partial charge in [-0.15, -0.1) is 0 Å². The lowest BCUT2D eigenvalue weighted by molar-refractivity contribution is 0.0565. The first-order valence-electron chi connectivity index (χ1n) is 6.39. The second kappa shape index (κ2) is 8.08. The largest absolute Gasteiger partial charge is 0.494 e. The predicted molar refractivity (Wildman–Crippen MR) is 73.5 cm³/mol. The molecule has 0 aliphatic rings. The first-order valence-corrected chi connectivity index (χ1v) is 6.39. The number of aryl methyl sites for hydroxylation is 1. The van der Waals surface area contributed by atoms with Crippen LogP contribution in [0, 0.1) is 6.92 Å². The van der Waals surface area contributed by atoms with Crippen LogP contribution < -0.4 is 16.0 Å². The zero-order chi connectivity index (χ0) is 13.4. The fourth-order valence-corrected chi connectivity index (χ4v) is 1.55. The van der Waals surface area contributed by atoms with Crippen molar-refractivity contribution in [1.29, 1.82) is 0 Å². The Balaban J connectivity index is 2.26. The third-order valence-corrected chi connectivity index (χ3v) is 2.59. The van der Waals surface area contributed by atoms with Gasteiger partial charge in [-0.3, -0.25) is 11.3 Å². The van der Waals surface area contributed by atoms with Gasteiger partial charge in [-0.05, 0) is 38.5 Å². The van der Waals surface area contributed by atoms with Crippen LogP contribution in [0.3, 0.4) is 0 Å². The molecule has 0 spiro atoms. The first kappa shape index (κ1) is 15.0. The highest BCUT2D eigenvalue weighted by atomic mass is 16.5. The standard InChI is InChI=1S/C14H24N2O2/c1-11(2)18-10-13(16-15)7-8-17-14-6-4-5-12(3)9-14/h4-6,9,11,13,16H,7-8,10,15H2,1-3H3. The molecule has 0 bridgehead atoms. The lowest BCUT2D eigenvalue weighted by atomic mass is 10.2. The van der Waals surface area contributed by atoms with Gasteiger partial charge >= 0.3 is 0 Å². The molecular weight excluding hydrogens is 228 g/mol. The molecule has 0 fully saturated rings. The highest BCUT2D eigenvalue weighted by molar-refractivity contribution is 5.27. The van der Waals surface area contributed by atoms with Crippen LogP contribution in [0.2, 0.25) is 0 Å². The van der Waals surface area contributed by atoms with Crippen molar-refractivity contribution >= 4 is 0 Å². The van der Waals surface area contributed by atoms with Crippen LogP contribution in [-0.2, 0) is 4.74 Å². The smallest absolute Gasteiger partial charge is 0.119 e. The molecule has 0 saturated carbocycles. The summed E-state index contributed by atoms with van der Waals surface area (Å²) in [6.07, 6.45) is 1.04. The highest BCUT2D eigenvalue weighted by Gasteiger charge is 2.08. The molecule has 4 nitrogen and oxygen atoms in total. The van der Waals surface area contributed by atoms with E-state index in [0.717, 1.165) is 12.2 Å². The Hall–Kier alpha value is -1.10. The molecular formula is C14H24N2O2. The number of benzene rings is 1. The van der Waals surface area contributed by atoms with Crippen LogP contribution in [0.5, 0.6) is 5.75 Å². The van der Waals surface area contributed by atoms with E-state index in [9.17, 15) is 0 Å². The molecule has 0 saturated heterocycles. The van der Waals surface area contributed by atoms with Gasteiger partial charge in [-0.1, -0.05) is 12.1 Å². The minimum atomic E-state index is 0.122. The van der Waals surface area contributed by atoms with Crippen molar-refractivity contribution in [1.82, 2.24) is 5.43 Å². The Morgan fingerprint density at radius 2 is 2.11 bits per heavy atom. The molecule has 1 unspecified atom stereocenters. The van der Waals surface area contributed by atoms with Crippen LogP contribution >= 0.6 is 0 Å². The fourth-order valence-electron chi connectivity index (χ4n) is 1.55. The van der Waals surface area contributed by atoms with Gasteiger partial charge in [0.1, 0.15) is 5.75 Å². The summed E-state index contributed by atoms with van der Waals surface area (Å²) in [5.41, 5.74) is 3.95. The molecule has 4 heteroatoms. The lowest BCUT2D eigenvalue weighted by Gasteiger charge is -2.18. The molecule has 0 radical (unpaired) electrons. The summed E-state index contributed by atoms with van der Waals surface area (Å²) in [4.78, 5) is 0. The Morgan fingerprint density at radius 1 is 1.33 bits per heavy atom. The summed E-state index contributed by atoms with van der Waals surface area (Å²) in [7, 11) is 0. The van der Waals surface area contributed by atoms with Crippen molar-refractivity contribution in [2.75, 3.05) is 13.2 Å². The molecule has 1 aromatic rings. The lowest BCUT2D eigenvalue weighted by Crippen LogP contribution is -2.40. The Labute approximate surface area is 109 Å². The van der Waals surface area contributed by atoms with Gasteiger partial charge in [-0.2, -0.15) is 0 Å². The molecule has 0 heterocycles. The van der Waals surface area contributed by atoms with E-state index in [4.69, 9.17) is 15.3 Å². The van der Waals surface area contributed by atoms with E-state index >= 15 is 0 Å². The monoisotopic (exact) mass is 252 g/mol. The molecule has 0 aliphatic heterocycles. The third kappa shape index (κ3) is 6.00. The van der Waals surface area contributed by atoms with Gasteiger partial charge in [0, 0.05) is 12.5 Å². The molecule has 1 rings (SSSR count). The maximum Gasteiger partial charge on any atom is 0.119 e. The van der Waals surface area contributed by atoms with Crippen molar-refractivity contribution in [3.05, 3.63) is 29.8 Å². The molecule has 18 heavy (non-hydrogen) atoms. The minimum Gasteiger partial charge on any atom is -0.494 e. The minimum absolute atomic E-state index is 0.122. The topological polar surface area (TPSA) is 56.5 Å². The summed E-state index contributed by atoms with van der Waals surface area (Å²) in [6.45, 7) is 7.30. The van der Waals surface area contributed by atoms with Crippen LogP contribution in [0.25, 0.3) is 0 Å². The van der Waals surface area contributed by atoms with E-state index in [0.29, 0.717) is 13.2 Å². The van der Waals surface area contributed by atoms with Crippen LogP contribution in [-0.4, -0.2) is 25.4 Å². The van der Waals surface area contributed by atoms with E-state index in [-0.39, 0.29) is 12.1 Å². The number of hydrogen-bond donors (Lipinski definition) is 2. The predicted octanol–water partition coefficient (Wildman–Crippen LogP) is 2.02. The van der Waals surface area contributed by atoms with Crippen molar-refractivity contribution in [3.8, 4) is 5.75 Å². The zero-order valence-electron chi connectivity index (χ0n) is 11.5. The third-order valence-electron chi connectivity index (χ3n) is 2.59. The van der Waals surface area contributed by atoms with E-state index in [1.807, 2.05) is 45.0 Å². The van der Waals surface area contributed by atoms with Crippen molar-refractivity contribution < 1.29 is 9.47 Å². The maximum absolute atomic E-state index is 5.67. The average molecular weight is 252 g/mol. The quantitative estimate of drug-likeness (QED) is 0.549. The Bertz CT molecular complexity index is 342. The molecule has 0 aromatic heterocycles. The average Bonchev–Trinajstić information content (AvgIpc) is 2.33. The van der Waals surface area contributed by atoms with Crippen molar-refractivity contribution in [2.24, 2.45) is 5.84 Å². The summed E-state index contributed by atoms with van der Waals surface area (Å²) in [6, 6.07) is 8.15. The Morgan fingerprint density at radius 3 is 2.72 bits per heavy atom. The number of hydrazine groups is 1. The number of rotatable bonds is 8. The molecule has 0 amide bonds. The van der Waals surface area contributed by atoms with Crippen molar-refractivity contribution in [2.45, 2.75) is 39.3 Å². The second-order valence-corrected chi connectivity index (χ2v) is 4.70. The van der Waals surface area contributed by atoms with E-state index in [1.165, 1.54) is 5.56 Å². The number of ether oxygens (including phenoxy) is 2. The van der Waals surface area contributed by atoms with Crippen LogP contribution in [0.4, 0.5) is 0 Å². The zero-order valence-corrected chi connectivity index (χ0v) is 11.5. The molecule has 1 atom stereocenters. The second-order valence-electron chi connectivity index (χ2n) is 4.70. The normalized spacial score (nSPS) is 12.7. The molecule has 3 N–H and O–H groups in total. The van der Waals surface area contributed by atoms with Gasteiger partial charge in [0.15, 0.2) is 0 Å². The molecule has 0 aliphatic carbocycles. The first-order chi connectivity index (χ1) is 8.61. The van der Waals surface area contributed by atoms with Gasteiger partial charge < -0.3 is 9.47 Å². The Kier molecular flexibility index (Phi) is 6.72. The van der Waals surface area contributed by atoms with Gasteiger partial charge in [0.05, 0.1) is 19.3 Å². The van der Waals surface area contributed by atoms with Gasteiger partial charge in [0.25, 0.3) is 0 Å². The van der Waals surface area contributed by atoms with E-state index in [1.54, 1.807) is 0 Å². The van der Waals surface area contributed by atoms with Crippen molar-refractivity contribution in [3.63, 3.8) is 0 Å². The van der Waals surface area contributed by atoms with E-state index < -0.39 is 0 Å². The van der Waals surface area contributed by atoms with Crippen LogP contribution in [0.1, 0.15) is 25.8 Å². The maximum atomic E-state index is 5.67. The number of hydrogen-bond acceptors (Lipinski definition) is 4. The highest BCUT2D eigenvalue weighted by Crippen LogP contribution is 2.12. The summed E-state index contributed by atoms with van der Waals surface area (Å²) < 4.78 is 11.2. The molecule has 102 valence electrons. The number of nitrogens with two attached hydrogens (primary N) is 1. The van der Waals surface area contributed by atoms with Gasteiger partial charge in [0.2, 0.25) is 0 Å². The van der Waals surface area contributed by atoms with E-state index in [2.05, 4.69) is 5.43 Å². The number of nitrogens with one attached hydrogen (secondary N) is 1. The SMILES string of the molecule is Cc1cccc(OCCC(COC(C)C)NN)c1. The molecule has 1 aromatic carbocycles. The van der Waals surface area contributed by atoms with Gasteiger partial charge in [-0.25, -0.2) is 0 Å². The summed E-state index contributed by atoms with van der Waals surface area (Å²) in [5, 5.41) is 0. The van der Waals surface area contributed by atoms with Crippen LogP contribution in [0.15, 0.2) is 24.3 Å². The fraction of sp³-hybridized carbons (Fsp3) is 0.571. The summed E-state index contributed by atoms with van der Waals surface area (Å²) in [5.74, 6) is 6.38. The summed E-state index contributed by atoms with van der Waals surface area (Å²) >= 11 is 0.